The highest BCUT2D eigenvalue weighted by Gasteiger charge is 2.12. The molecule has 0 saturated heterocycles. The van der Waals surface area contributed by atoms with E-state index in [1.807, 2.05) is 4.68 Å². The van der Waals surface area contributed by atoms with Crippen molar-refractivity contribution < 1.29 is 4.39 Å². The van der Waals surface area contributed by atoms with Crippen LogP contribution in [0.5, 0.6) is 0 Å². The van der Waals surface area contributed by atoms with E-state index in [-0.39, 0.29) is 5.82 Å². The van der Waals surface area contributed by atoms with Gasteiger partial charge < -0.3 is 4.90 Å². The topological polar surface area (TPSA) is 21.1 Å². The lowest BCUT2D eigenvalue weighted by atomic mass is 10.1. The molecule has 2 aromatic rings. The van der Waals surface area contributed by atoms with Gasteiger partial charge in [0.15, 0.2) is 0 Å². The summed E-state index contributed by atoms with van der Waals surface area (Å²) < 4.78 is 15.0. The summed E-state index contributed by atoms with van der Waals surface area (Å²) in [6.07, 6.45) is 4.49. The molecule has 0 spiro atoms. The molecule has 1 aromatic carbocycles. The second kappa shape index (κ2) is 7.36. The van der Waals surface area contributed by atoms with Crippen LogP contribution >= 0.6 is 0 Å². The van der Waals surface area contributed by atoms with Gasteiger partial charge in [-0.3, -0.25) is 4.68 Å². The Morgan fingerprint density at radius 1 is 1.19 bits per heavy atom. The molecule has 4 heteroatoms. The fraction of sp³-hybridized carbons (Fsp3) is 0.471. The second-order valence-electron chi connectivity index (χ2n) is 5.46. The molecule has 0 radical (unpaired) electrons. The fourth-order valence-corrected chi connectivity index (χ4v) is 2.39. The summed E-state index contributed by atoms with van der Waals surface area (Å²) >= 11 is 0. The Balaban J connectivity index is 2.23. The summed E-state index contributed by atoms with van der Waals surface area (Å²) in [5, 5.41) is 4.63. The molecule has 0 aliphatic rings. The van der Waals surface area contributed by atoms with Gasteiger partial charge in [-0.2, -0.15) is 5.10 Å². The fourth-order valence-electron chi connectivity index (χ4n) is 2.39. The zero-order valence-corrected chi connectivity index (χ0v) is 13.1. The highest BCUT2D eigenvalue weighted by atomic mass is 19.1. The lowest BCUT2D eigenvalue weighted by Gasteiger charge is -2.15. The van der Waals surface area contributed by atoms with Gasteiger partial charge in [-0.15, -0.1) is 0 Å². The Hall–Kier alpha value is -1.68. The molecule has 0 fully saturated rings. The summed E-state index contributed by atoms with van der Waals surface area (Å²) in [6, 6.07) is 6.58. The first-order valence-corrected chi connectivity index (χ1v) is 7.64. The maximum Gasteiger partial charge on any atom is 0.123 e. The first-order chi connectivity index (χ1) is 10.1. The Morgan fingerprint density at radius 2 is 1.90 bits per heavy atom. The van der Waals surface area contributed by atoms with Crippen molar-refractivity contribution in [2.75, 3.05) is 13.6 Å². The normalized spacial score (nSPS) is 11.3. The number of unbranched alkanes of at least 4 members (excludes halogenated alkanes) is 1. The molecular weight excluding hydrogens is 265 g/mol. The monoisotopic (exact) mass is 289 g/mol. The maximum absolute atomic E-state index is 13.1. The quantitative estimate of drug-likeness (QED) is 0.770. The number of hydrogen-bond acceptors (Lipinski definition) is 2. The van der Waals surface area contributed by atoms with Crippen LogP contribution in [-0.4, -0.2) is 28.3 Å². The van der Waals surface area contributed by atoms with Gasteiger partial charge in [-0.1, -0.05) is 13.3 Å². The van der Waals surface area contributed by atoms with Crippen molar-refractivity contribution in [2.45, 2.75) is 39.8 Å². The Bertz CT molecular complexity index is 560. The molecule has 0 amide bonds. The minimum atomic E-state index is -0.213. The standard InChI is InChI=1S/C17H24FN3/c1-4-6-11-20(3)12-15-13-21(5-2)19-17(15)14-7-9-16(18)10-8-14/h7-10,13H,4-6,11-12H2,1-3H3. The van der Waals surface area contributed by atoms with Crippen molar-refractivity contribution in [3.05, 3.63) is 41.8 Å². The molecule has 2 rings (SSSR count). The lowest BCUT2D eigenvalue weighted by Crippen LogP contribution is -2.19. The van der Waals surface area contributed by atoms with Gasteiger partial charge in [0.2, 0.25) is 0 Å². The third kappa shape index (κ3) is 4.14. The maximum atomic E-state index is 13.1. The predicted octanol–water partition coefficient (Wildman–Crippen LogP) is 3.94. The van der Waals surface area contributed by atoms with Crippen molar-refractivity contribution in [1.29, 1.82) is 0 Å². The molecule has 114 valence electrons. The van der Waals surface area contributed by atoms with Crippen molar-refractivity contribution in [3.8, 4) is 11.3 Å². The van der Waals surface area contributed by atoms with Crippen LogP contribution in [0.2, 0.25) is 0 Å². The SMILES string of the molecule is CCCCN(C)Cc1cn(CC)nc1-c1ccc(F)cc1. The molecule has 0 aliphatic heterocycles. The molecule has 3 nitrogen and oxygen atoms in total. The van der Waals surface area contributed by atoms with Gasteiger partial charge in [0.1, 0.15) is 5.82 Å². The van der Waals surface area contributed by atoms with Gasteiger partial charge in [-0.25, -0.2) is 4.39 Å². The van der Waals surface area contributed by atoms with Gasteiger partial charge in [0, 0.05) is 30.4 Å². The summed E-state index contributed by atoms with van der Waals surface area (Å²) in [5.74, 6) is -0.213. The average molecular weight is 289 g/mol. The average Bonchev–Trinajstić information content (AvgIpc) is 2.89. The van der Waals surface area contributed by atoms with E-state index in [0.717, 1.165) is 30.9 Å². The van der Waals surface area contributed by atoms with Crippen LogP contribution in [0.25, 0.3) is 11.3 Å². The van der Waals surface area contributed by atoms with E-state index in [0.29, 0.717) is 0 Å². The smallest absolute Gasteiger partial charge is 0.123 e. The van der Waals surface area contributed by atoms with Crippen LogP contribution < -0.4 is 0 Å². The number of halogens is 1. The molecule has 0 N–H and O–H groups in total. The molecule has 0 aliphatic carbocycles. The van der Waals surface area contributed by atoms with E-state index < -0.39 is 0 Å². The van der Waals surface area contributed by atoms with Gasteiger partial charge in [0.05, 0.1) is 5.69 Å². The predicted molar refractivity (Wildman–Crippen MR) is 84.5 cm³/mol. The minimum absolute atomic E-state index is 0.213. The molecule has 0 atom stereocenters. The summed E-state index contributed by atoms with van der Waals surface area (Å²) in [6.45, 7) is 7.06. The second-order valence-corrected chi connectivity index (χ2v) is 5.46. The summed E-state index contributed by atoms with van der Waals surface area (Å²) in [7, 11) is 2.13. The highest BCUT2D eigenvalue weighted by molar-refractivity contribution is 5.62. The van der Waals surface area contributed by atoms with Crippen LogP contribution in [0.15, 0.2) is 30.5 Å². The van der Waals surface area contributed by atoms with E-state index in [1.54, 1.807) is 12.1 Å². The van der Waals surface area contributed by atoms with Crippen LogP contribution in [0.3, 0.4) is 0 Å². The van der Waals surface area contributed by atoms with Crippen LogP contribution in [-0.2, 0) is 13.1 Å². The third-order valence-electron chi connectivity index (χ3n) is 3.61. The largest absolute Gasteiger partial charge is 0.302 e. The van der Waals surface area contributed by atoms with Crippen molar-refractivity contribution in [3.63, 3.8) is 0 Å². The van der Waals surface area contributed by atoms with Gasteiger partial charge in [0.25, 0.3) is 0 Å². The Labute approximate surface area is 126 Å². The number of aromatic nitrogens is 2. The third-order valence-corrected chi connectivity index (χ3v) is 3.61. The number of aryl methyl sites for hydroxylation is 1. The van der Waals surface area contributed by atoms with Gasteiger partial charge in [-0.05, 0) is 51.2 Å². The molecule has 21 heavy (non-hydrogen) atoms. The van der Waals surface area contributed by atoms with Crippen LogP contribution in [0.4, 0.5) is 4.39 Å². The van der Waals surface area contributed by atoms with E-state index in [4.69, 9.17) is 0 Å². The van der Waals surface area contributed by atoms with Gasteiger partial charge >= 0.3 is 0 Å². The lowest BCUT2D eigenvalue weighted by molar-refractivity contribution is 0.321. The van der Waals surface area contributed by atoms with Crippen LogP contribution in [0.1, 0.15) is 32.3 Å². The molecule has 0 bridgehead atoms. The zero-order chi connectivity index (χ0) is 15.2. The minimum Gasteiger partial charge on any atom is -0.302 e. The first kappa shape index (κ1) is 15.7. The molecule has 1 aromatic heterocycles. The zero-order valence-electron chi connectivity index (χ0n) is 13.1. The van der Waals surface area contributed by atoms with Crippen molar-refractivity contribution in [1.82, 2.24) is 14.7 Å². The molecule has 1 heterocycles. The Morgan fingerprint density at radius 3 is 2.52 bits per heavy atom. The van der Waals surface area contributed by atoms with E-state index >= 15 is 0 Å². The van der Waals surface area contributed by atoms with E-state index in [9.17, 15) is 4.39 Å². The molecule has 0 unspecified atom stereocenters. The Kier molecular flexibility index (Phi) is 5.51. The molecular formula is C17H24FN3. The number of rotatable bonds is 7. The van der Waals surface area contributed by atoms with E-state index in [2.05, 4.69) is 37.1 Å². The number of nitrogens with zero attached hydrogens (tertiary/aromatic N) is 3. The first-order valence-electron chi connectivity index (χ1n) is 7.64. The van der Waals surface area contributed by atoms with Crippen molar-refractivity contribution in [2.24, 2.45) is 0 Å². The van der Waals surface area contributed by atoms with Crippen molar-refractivity contribution >= 4 is 0 Å². The molecule has 0 saturated carbocycles. The highest BCUT2D eigenvalue weighted by Crippen LogP contribution is 2.23. The van der Waals surface area contributed by atoms with Crippen LogP contribution in [0, 0.1) is 5.82 Å². The summed E-state index contributed by atoms with van der Waals surface area (Å²) in [4.78, 5) is 2.31. The number of hydrogen-bond donors (Lipinski definition) is 0. The van der Waals surface area contributed by atoms with E-state index in [1.165, 1.54) is 30.5 Å². The summed E-state index contributed by atoms with van der Waals surface area (Å²) in [5.41, 5.74) is 3.13. The number of benzene rings is 1.